The van der Waals surface area contributed by atoms with E-state index in [9.17, 15) is 4.79 Å². The summed E-state index contributed by atoms with van der Waals surface area (Å²) in [6.45, 7) is 11.3. The molecule has 3 rings (SSSR count). The number of benzene rings is 2. The van der Waals surface area contributed by atoms with Gasteiger partial charge in [0.1, 0.15) is 0 Å². The topological polar surface area (TPSA) is 17.1 Å². The van der Waals surface area contributed by atoms with E-state index in [1.54, 1.807) is 6.08 Å². The molecule has 1 nitrogen and oxygen atoms in total. The molecule has 0 unspecified atom stereocenters. The first-order chi connectivity index (χ1) is 11.7. The van der Waals surface area contributed by atoms with Crippen molar-refractivity contribution >= 4 is 11.9 Å². The van der Waals surface area contributed by atoms with Gasteiger partial charge in [-0.2, -0.15) is 0 Å². The quantitative estimate of drug-likeness (QED) is 0.480. The minimum Gasteiger partial charge on any atom is -0.289 e. The van der Waals surface area contributed by atoms with Crippen LogP contribution in [0.2, 0.25) is 0 Å². The zero-order chi connectivity index (χ0) is 18.2. The number of hydrogen-bond donors (Lipinski definition) is 0. The van der Waals surface area contributed by atoms with Crippen molar-refractivity contribution in [3.05, 3.63) is 76.4 Å². The summed E-state index contributed by atoms with van der Waals surface area (Å²) in [6.07, 6.45) is 5.94. The molecule has 0 spiro atoms. The molecule has 25 heavy (non-hydrogen) atoms. The molecule has 0 N–H and O–H groups in total. The Morgan fingerprint density at radius 3 is 2.08 bits per heavy atom. The number of hydrogen-bond acceptors (Lipinski definition) is 1. The number of carbonyl (C=O) groups is 1. The lowest BCUT2D eigenvalue weighted by molar-refractivity contribution is 0.104. The van der Waals surface area contributed by atoms with Gasteiger partial charge in [-0.3, -0.25) is 4.79 Å². The van der Waals surface area contributed by atoms with Gasteiger partial charge in [-0.1, -0.05) is 70.2 Å². The van der Waals surface area contributed by atoms with Crippen molar-refractivity contribution in [1.29, 1.82) is 0 Å². The van der Waals surface area contributed by atoms with E-state index < -0.39 is 0 Å². The summed E-state index contributed by atoms with van der Waals surface area (Å²) in [7, 11) is 0. The van der Waals surface area contributed by atoms with E-state index in [1.807, 2.05) is 36.4 Å². The predicted molar refractivity (Wildman–Crippen MR) is 106 cm³/mol. The number of aryl methyl sites for hydroxylation is 1. The first kappa shape index (κ1) is 17.7. The Bertz CT molecular complexity index is 823. The van der Waals surface area contributed by atoms with Crippen LogP contribution < -0.4 is 0 Å². The summed E-state index contributed by atoms with van der Waals surface area (Å²) >= 11 is 0. The highest BCUT2D eigenvalue weighted by atomic mass is 16.1. The summed E-state index contributed by atoms with van der Waals surface area (Å²) < 4.78 is 0. The molecule has 2 aromatic rings. The van der Waals surface area contributed by atoms with Crippen LogP contribution in [-0.2, 0) is 10.8 Å². The molecular formula is C24H28O. The maximum atomic E-state index is 12.8. The Morgan fingerprint density at radius 2 is 1.48 bits per heavy atom. The van der Waals surface area contributed by atoms with Gasteiger partial charge in [-0.05, 0) is 65.0 Å². The van der Waals surface area contributed by atoms with Crippen LogP contribution in [0.15, 0.2) is 48.5 Å². The van der Waals surface area contributed by atoms with Gasteiger partial charge in [0.15, 0.2) is 5.78 Å². The van der Waals surface area contributed by atoms with Crippen LogP contribution in [0.4, 0.5) is 0 Å². The average Bonchev–Trinajstić information content (AvgIpc) is 2.57. The highest BCUT2D eigenvalue weighted by Crippen LogP contribution is 2.46. The second-order valence-corrected chi connectivity index (χ2v) is 8.59. The summed E-state index contributed by atoms with van der Waals surface area (Å²) in [5, 5.41) is 0. The molecule has 0 bridgehead atoms. The van der Waals surface area contributed by atoms with Crippen LogP contribution in [0.5, 0.6) is 0 Å². The molecule has 0 amide bonds. The molecule has 0 saturated carbocycles. The number of fused-ring (bicyclic) bond motifs is 1. The lowest BCUT2D eigenvalue weighted by Crippen LogP contribution is -2.34. The van der Waals surface area contributed by atoms with Crippen molar-refractivity contribution in [1.82, 2.24) is 0 Å². The highest BCUT2D eigenvalue weighted by molar-refractivity contribution is 6.08. The van der Waals surface area contributed by atoms with Gasteiger partial charge >= 0.3 is 0 Å². The fourth-order valence-corrected chi connectivity index (χ4v) is 3.81. The summed E-state index contributed by atoms with van der Waals surface area (Å²) in [5.74, 6) is 0.0864. The Hall–Kier alpha value is -2.15. The van der Waals surface area contributed by atoms with E-state index in [2.05, 4.69) is 46.8 Å². The second-order valence-electron chi connectivity index (χ2n) is 8.59. The van der Waals surface area contributed by atoms with Gasteiger partial charge in [-0.25, -0.2) is 0 Å². The summed E-state index contributed by atoms with van der Waals surface area (Å²) in [6, 6.07) is 14.4. The van der Waals surface area contributed by atoms with Gasteiger partial charge in [0.05, 0.1) is 0 Å². The van der Waals surface area contributed by atoms with Crippen molar-refractivity contribution in [3.63, 3.8) is 0 Å². The Balaban J connectivity index is 2.01. The molecule has 0 aliphatic heterocycles. The minimum absolute atomic E-state index is 0.0864. The molecular weight excluding hydrogens is 304 g/mol. The first-order valence-electron chi connectivity index (χ1n) is 9.14. The van der Waals surface area contributed by atoms with Crippen LogP contribution in [0.1, 0.15) is 73.1 Å². The van der Waals surface area contributed by atoms with Crippen molar-refractivity contribution < 1.29 is 4.79 Å². The molecule has 130 valence electrons. The fourth-order valence-electron chi connectivity index (χ4n) is 3.81. The zero-order valence-corrected chi connectivity index (χ0v) is 16.0. The highest BCUT2D eigenvalue weighted by Gasteiger charge is 2.37. The lowest BCUT2D eigenvalue weighted by atomic mass is 9.62. The average molecular weight is 332 g/mol. The van der Waals surface area contributed by atoms with Crippen molar-refractivity contribution in [2.75, 3.05) is 0 Å². The molecule has 0 heterocycles. The molecule has 1 aliphatic rings. The maximum absolute atomic E-state index is 12.8. The molecule has 2 aromatic carbocycles. The third-order valence-corrected chi connectivity index (χ3v) is 5.69. The number of ketones is 1. The standard InChI is InChI=1S/C24H28O/c1-17-15-20-21(24(4,5)14-13-23(20,2)3)16-19(17)22(25)12-11-18-9-7-6-8-10-18/h6-12,15-16H,13-14H2,1-5H3/b12-11+. The summed E-state index contributed by atoms with van der Waals surface area (Å²) in [5.41, 5.74) is 6.00. The Labute approximate surface area is 151 Å². The Morgan fingerprint density at radius 1 is 0.920 bits per heavy atom. The molecule has 1 aliphatic carbocycles. The third kappa shape index (κ3) is 3.46. The molecule has 0 radical (unpaired) electrons. The zero-order valence-electron chi connectivity index (χ0n) is 16.0. The Kier molecular flexibility index (Phi) is 4.45. The van der Waals surface area contributed by atoms with Gasteiger partial charge in [0.2, 0.25) is 0 Å². The molecule has 0 aromatic heterocycles. The van der Waals surface area contributed by atoms with Crippen LogP contribution in [0, 0.1) is 6.92 Å². The van der Waals surface area contributed by atoms with E-state index in [0.29, 0.717) is 0 Å². The predicted octanol–water partition coefficient (Wildman–Crippen LogP) is 6.24. The summed E-state index contributed by atoms with van der Waals surface area (Å²) in [4.78, 5) is 12.8. The second kappa shape index (κ2) is 6.29. The normalized spacial score (nSPS) is 18.1. The van der Waals surface area contributed by atoms with Crippen LogP contribution >= 0.6 is 0 Å². The SMILES string of the molecule is Cc1cc2c(cc1C(=O)/C=C/c1ccccc1)C(C)(C)CCC2(C)C. The van der Waals surface area contributed by atoms with Gasteiger partial charge < -0.3 is 0 Å². The van der Waals surface area contributed by atoms with E-state index >= 15 is 0 Å². The number of carbonyl (C=O) groups excluding carboxylic acids is 1. The smallest absolute Gasteiger partial charge is 0.186 e. The third-order valence-electron chi connectivity index (χ3n) is 5.69. The molecule has 0 fully saturated rings. The fraction of sp³-hybridized carbons (Fsp3) is 0.375. The van der Waals surface area contributed by atoms with E-state index in [4.69, 9.17) is 0 Å². The van der Waals surface area contributed by atoms with Gasteiger partial charge in [0.25, 0.3) is 0 Å². The van der Waals surface area contributed by atoms with E-state index in [1.165, 1.54) is 17.5 Å². The van der Waals surface area contributed by atoms with Crippen LogP contribution in [0.25, 0.3) is 6.08 Å². The minimum atomic E-state index is 0.0864. The molecule has 0 atom stereocenters. The van der Waals surface area contributed by atoms with Crippen molar-refractivity contribution in [3.8, 4) is 0 Å². The van der Waals surface area contributed by atoms with Gasteiger partial charge in [0, 0.05) is 5.56 Å². The van der Waals surface area contributed by atoms with Crippen molar-refractivity contribution in [2.45, 2.75) is 58.3 Å². The first-order valence-corrected chi connectivity index (χ1v) is 9.14. The largest absolute Gasteiger partial charge is 0.289 e. The monoisotopic (exact) mass is 332 g/mol. The number of rotatable bonds is 3. The van der Waals surface area contributed by atoms with E-state index in [0.717, 1.165) is 23.1 Å². The molecule has 1 heteroatoms. The van der Waals surface area contributed by atoms with Crippen LogP contribution in [-0.4, -0.2) is 5.78 Å². The number of allylic oxidation sites excluding steroid dienone is 1. The van der Waals surface area contributed by atoms with E-state index in [-0.39, 0.29) is 16.6 Å². The molecule has 0 saturated heterocycles. The maximum Gasteiger partial charge on any atom is 0.186 e. The van der Waals surface area contributed by atoms with Crippen molar-refractivity contribution in [2.24, 2.45) is 0 Å². The lowest BCUT2D eigenvalue weighted by Gasteiger charge is -2.42. The van der Waals surface area contributed by atoms with Crippen LogP contribution in [0.3, 0.4) is 0 Å². The van der Waals surface area contributed by atoms with Gasteiger partial charge in [-0.15, -0.1) is 0 Å².